The predicted molar refractivity (Wildman–Crippen MR) is 188 cm³/mol. The first kappa shape index (κ1) is 26.3. The molecule has 3 atom stereocenters. The second-order valence-corrected chi connectivity index (χ2v) is 12.7. The van der Waals surface area contributed by atoms with E-state index in [2.05, 4.69) is 146 Å². The normalized spacial score (nSPS) is 20.0. The van der Waals surface area contributed by atoms with Crippen LogP contribution in [0.2, 0.25) is 0 Å². The van der Waals surface area contributed by atoms with E-state index in [4.69, 9.17) is 9.41 Å². The van der Waals surface area contributed by atoms with Crippen LogP contribution in [0.1, 0.15) is 43.9 Å². The van der Waals surface area contributed by atoms with Gasteiger partial charge in [-0.15, -0.1) is 0 Å². The van der Waals surface area contributed by atoms with Crippen LogP contribution in [-0.4, -0.2) is 10.4 Å². The average Bonchev–Trinajstić information content (AvgIpc) is 3.61. The monoisotopic (exact) mass is 582 g/mol. The third kappa shape index (κ3) is 4.00. The lowest BCUT2D eigenvalue weighted by Crippen LogP contribution is -2.32. The summed E-state index contributed by atoms with van der Waals surface area (Å²) in [5, 5.41) is 6.11. The Kier molecular flexibility index (Phi) is 5.96. The molecule has 2 aliphatic rings. The summed E-state index contributed by atoms with van der Waals surface area (Å²) in [6.45, 7) is 4.67. The minimum Gasteiger partial charge on any atom is -0.458 e. The van der Waals surface area contributed by atoms with Gasteiger partial charge in [0.25, 0.3) is 0 Å². The number of para-hydroxylation sites is 2. The first-order valence-electron chi connectivity index (χ1n) is 16.2. The molecule has 3 nitrogen and oxygen atoms in total. The first-order chi connectivity index (χ1) is 22.2. The maximum absolute atomic E-state index is 6.76. The van der Waals surface area contributed by atoms with Crippen LogP contribution in [0, 0.1) is 11.8 Å². The number of nitrogens with zero attached hydrogens (tertiary/aromatic N) is 2. The smallest absolute Gasteiger partial charge is 0.138 e. The van der Waals surface area contributed by atoms with Gasteiger partial charge in [0.1, 0.15) is 22.9 Å². The van der Waals surface area contributed by atoms with E-state index < -0.39 is 0 Å². The number of benzene rings is 5. The topological polar surface area (TPSA) is 30.4 Å². The molecule has 2 aromatic heterocycles. The molecular weight excluding hydrogens is 548 g/mol. The van der Waals surface area contributed by atoms with Crippen LogP contribution in [0.3, 0.4) is 0 Å². The maximum Gasteiger partial charge on any atom is 0.138 e. The zero-order valence-corrected chi connectivity index (χ0v) is 25.6. The van der Waals surface area contributed by atoms with Crippen LogP contribution in [-0.2, 0) is 0 Å². The number of aliphatic imine (C=N–C) groups is 1. The number of aromatic nitrogens is 1. The van der Waals surface area contributed by atoms with Crippen molar-refractivity contribution in [1.82, 2.24) is 4.57 Å². The van der Waals surface area contributed by atoms with Crippen molar-refractivity contribution in [2.75, 3.05) is 0 Å². The van der Waals surface area contributed by atoms with Gasteiger partial charge < -0.3 is 4.42 Å². The summed E-state index contributed by atoms with van der Waals surface area (Å²) in [4.78, 5) is 5.58. The lowest BCUT2D eigenvalue weighted by molar-refractivity contribution is 0.436. The molecule has 5 aromatic carbocycles. The largest absolute Gasteiger partial charge is 0.458 e. The van der Waals surface area contributed by atoms with Crippen molar-refractivity contribution in [2.24, 2.45) is 16.8 Å². The molecule has 0 spiro atoms. The molecule has 218 valence electrons. The molecule has 3 heteroatoms. The van der Waals surface area contributed by atoms with Crippen molar-refractivity contribution in [1.29, 1.82) is 0 Å². The zero-order valence-electron chi connectivity index (χ0n) is 25.6. The highest BCUT2D eigenvalue weighted by Gasteiger charge is 2.41. The van der Waals surface area contributed by atoms with Crippen molar-refractivity contribution in [2.45, 2.75) is 32.6 Å². The Morgan fingerprint density at radius 1 is 0.733 bits per heavy atom. The van der Waals surface area contributed by atoms with Gasteiger partial charge in [-0.05, 0) is 71.0 Å². The Labute approximate surface area is 262 Å². The van der Waals surface area contributed by atoms with E-state index in [9.17, 15) is 0 Å². The second-order valence-electron chi connectivity index (χ2n) is 12.7. The van der Waals surface area contributed by atoms with E-state index in [1.807, 2.05) is 0 Å². The minimum atomic E-state index is 0.0950. The molecule has 3 heterocycles. The number of hydrogen-bond donors (Lipinski definition) is 0. The highest BCUT2D eigenvalue weighted by atomic mass is 16.3. The fourth-order valence-electron chi connectivity index (χ4n) is 8.00. The predicted octanol–water partition coefficient (Wildman–Crippen LogP) is 11.4. The fourth-order valence-corrected chi connectivity index (χ4v) is 8.00. The summed E-state index contributed by atoms with van der Waals surface area (Å²) in [5.41, 5.74) is 8.43. The maximum atomic E-state index is 6.76. The van der Waals surface area contributed by atoms with Crippen molar-refractivity contribution in [3.05, 3.63) is 144 Å². The molecule has 7 aromatic rings. The standard InChI is InChI=1S/C42H34N2O/c1-3-31-39(30-21-22-32(26(2)23-30)27-13-5-4-6-14-27)41-40(34-18-10-12-20-38(34)45-41)43-42(31)44-36-19-11-9-17-33(36)35-24-28-15-7-8-16-29(28)25-37(35)44/h4-22,24-26,31,39H,3,23H2,1-2H3. The summed E-state index contributed by atoms with van der Waals surface area (Å²) < 4.78 is 9.21. The molecule has 0 fully saturated rings. The number of rotatable bonds is 3. The summed E-state index contributed by atoms with van der Waals surface area (Å²) >= 11 is 0. The molecule has 0 bridgehead atoms. The number of fused-ring (bicyclic) bond motifs is 7. The third-order valence-electron chi connectivity index (χ3n) is 10.1. The van der Waals surface area contributed by atoms with Gasteiger partial charge in [0.05, 0.1) is 17.0 Å². The van der Waals surface area contributed by atoms with Crippen LogP contribution in [0.4, 0.5) is 5.69 Å². The van der Waals surface area contributed by atoms with Crippen LogP contribution in [0.15, 0.2) is 142 Å². The van der Waals surface area contributed by atoms with Gasteiger partial charge in [0.15, 0.2) is 0 Å². The van der Waals surface area contributed by atoms with Gasteiger partial charge in [0.2, 0.25) is 0 Å². The van der Waals surface area contributed by atoms with Crippen molar-refractivity contribution >= 4 is 60.6 Å². The lowest BCUT2D eigenvalue weighted by Gasteiger charge is -2.35. The van der Waals surface area contributed by atoms with E-state index in [0.717, 1.165) is 41.1 Å². The third-order valence-corrected chi connectivity index (χ3v) is 10.1. The molecule has 0 saturated carbocycles. The summed E-state index contributed by atoms with van der Waals surface area (Å²) in [6, 6.07) is 41.4. The molecule has 0 N–H and O–H groups in total. The highest BCUT2D eigenvalue weighted by molar-refractivity contribution is 6.18. The van der Waals surface area contributed by atoms with E-state index in [0.29, 0.717) is 5.92 Å². The van der Waals surface area contributed by atoms with Gasteiger partial charge >= 0.3 is 0 Å². The Bertz CT molecular complexity index is 2360. The molecule has 9 rings (SSSR count). The number of furan rings is 1. The van der Waals surface area contributed by atoms with Crippen LogP contribution in [0.5, 0.6) is 0 Å². The molecule has 1 aliphatic carbocycles. The highest BCUT2D eigenvalue weighted by Crippen LogP contribution is 2.52. The number of allylic oxidation sites excluding steroid dienone is 4. The van der Waals surface area contributed by atoms with E-state index in [-0.39, 0.29) is 11.8 Å². The minimum absolute atomic E-state index is 0.0950. The Hall–Kier alpha value is -5.15. The number of hydrogen-bond acceptors (Lipinski definition) is 2. The molecular formula is C42H34N2O. The summed E-state index contributed by atoms with van der Waals surface area (Å²) in [5.74, 6) is 2.76. The van der Waals surface area contributed by atoms with Crippen LogP contribution >= 0.6 is 0 Å². The van der Waals surface area contributed by atoms with Crippen LogP contribution in [0.25, 0.3) is 49.1 Å². The van der Waals surface area contributed by atoms with E-state index in [1.54, 1.807) is 0 Å². The van der Waals surface area contributed by atoms with Crippen LogP contribution < -0.4 is 0 Å². The van der Waals surface area contributed by atoms with Gasteiger partial charge in [0, 0.05) is 22.1 Å². The zero-order chi connectivity index (χ0) is 30.1. The summed E-state index contributed by atoms with van der Waals surface area (Å²) in [7, 11) is 0. The molecule has 3 unspecified atom stereocenters. The quantitative estimate of drug-likeness (QED) is 0.204. The van der Waals surface area contributed by atoms with Crippen molar-refractivity contribution in [3.8, 4) is 0 Å². The van der Waals surface area contributed by atoms with Gasteiger partial charge in [-0.25, -0.2) is 4.99 Å². The lowest BCUT2D eigenvalue weighted by atomic mass is 9.73. The first-order valence-corrected chi connectivity index (χ1v) is 16.2. The molecule has 45 heavy (non-hydrogen) atoms. The van der Waals surface area contributed by atoms with E-state index in [1.165, 1.54) is 49.3 Å². The SMILES string of the molecule is CCC1C(n2c3ccccc3c3cc4ccccc4cc32)=Nc2c(oc3ccccc23)C1C1=CC=C(c2ccccc2)C(C)C1. The van der Waals surface area contributed by atoms with E-state index >= 15 is 0 Å². The molecule has 0 radical (unpaired) electrons. The fraction of sp³-hybridized carbons (Fsp3) is 0.167. The van der Waals surface area contributed by atoms with Crippen molar-refractivity contribution in [3.63, 3.8) is 0 Å². The molecule has 1 aliphatic heterocycles. The van der Waals surface area contributed by atoms with Gasteiger partial charge in [-0.1, -0.05) is 117 Å². The van der Waals surface area contributed by atoms with Gasteiger partial charge in [-0.3, -0.25) is 4.57 Å². The molecule has 0 saturated heterocycles. The average molecular weight is 583 g/mol. The Morgan fingerprint density at radius 3 is 2.24 bits per heavy atom. The summed E-state index contributed by atoms with van der Waals surface area (Å²) in [6.07, 6.45) is 6.67. The Balaban J connectivity index is 1.31. The Morgan fingerprint density at radius 2 is 1.44 bits per heavy atom. The molecule has 0 amide bonds. The second kappa shape index (κ2) is 10.2. The van der Waals surface area contributed by atoms with Crippen molar-refractivity contribution < 1.29 is 4.42 Å². The van der Waals surface area contributed by atoms with Gasteiger partial charge in [-0.2, -0.15) is 0 Å².